The average molecular weight is 351 g/mol. The number of amides is 2. The molecule has 0 N–H and O–H groups in total. The highest BCUT2D eigenvalue weighted by Gasteiger charge is 2.27. The Kier molecular flexibility index (Phi) is 5.31. The van der Waals surface area contributed by atoms with Crippen molar-refractivity contribution in [3.8, 4) is 5.75 Å². The highest BCUT2D eigenvalue weighted by Crippen LogP contribution is 2.23. The predicted octanol–water partition coefficient (Wildman–Crippen LogP) is 2.84. The number of anilines is 1. The number of carbonyl (C=O) groups excluding carboxylic acids is 2. The van der Waals surface area contributed by atoms with Crippen LogP contribution in [-0.2, 0) is 16.1 Å². The highest BCUT2D eigenvalue weighted by atomic mass is 16.5. The van der Waals surface area contributed by atoms with E-state index in [9.17, 15) is 9.59 Å². The minimum Gasteiger partial charge on any atom is -0.497 e. The predicted molar refractivity (Wildman–Crippen MR) is 100 cm³/mol. The maximum Gasteiger partial charge on any atom is 0.274 e. The van der Waals surface area contributed by atoms with Gasteiger partial charge in [0, 0.05) is 25.6 Å². The minimum absolute atomic E-state index is 0.0828. The first-order chi connectivity index (χ1) is 12.6. The Bertz CT molecular complexity index is 816. The molecule has 0 atom stereocenters. The molecule has 0 radical (unpaired) electrons. The van der Waals surface area contributed by atoms with Gasteiger partial charge >= 0.3 is 0 Å². The van der Waals surface area contributed by atoms with E-state index in [2.05, 4.69) is 5.10 Å². The van der Waals surface area contributed by atoms with Crippen molar-refractivity contribution in [2.24, 2.45) is 5.10 Å². The van der Waals surface area contributed by atoms with Crippen LogP contribution in [0.15, 0.2) is 59.7 Å². The van der Waals surface area contributed by atoms with Gasteiger partial charge in [-0.15, -0.1) is 0 Å². The summed E-state index contributed by atoms with van der Waals surface area (Å²) in [5.41, 5.74) is 2.15. The lowest BCUT2D eigenvalue weighted by molar-refractivity contribution is -0.130. The van der Waals surface area contributed by atoms with Crippen molar-refractivity contribution in [2.75, 3.05) is 19.1 Å². The van der Waals surface area contributed by atoms with Gasteiger partial charge in [-0.2, -0.15) is 5.10 Å². The Morgan fingerprint density at radius 3 is 2.42 bits per heavy atom. The minimum atomic E-state index is -0.196. The number of hydrazone groups is 1. The van der Waals surface area contributed by atoms with Crippen LogP contribution in [0.3, 0.4) is 0 Å². The van der Waals surface area contributed by atoms with Crippen LogP contribution < -0.4 is 9.64 Å². The zero-order valence-electron chi connectivity index (χ0n) is 14.9. The molecule has 3 rings (SSSR count). The molecule has 2 amide bonds. The topological polar surface area (TPSA) is 62.2 Å². The monoisotopic (exact) mass is 351 g/mol. The Balaban J connectivity index is 1.92. The summed E-state index contributed by atoms with van der Waals surface area (Å²) in [5, 5.41) is 5.41. The third kappa shape index (κ3) is 3.91. The summed E-state index contributed by atoms with van der Waals surface area (Å²) in [6.45, 7) is 0.419. The maximum atomic E-state index is 13.1. The van der Waals surface area contributed by atoms with Crippen molar-refractivity contribution in [1.29, 1.82) is 0 Å². The largest absolute Gasteiger partial charge is 0.497 e. The van der Waals surface area contributed by atoms with Gasteiger partial charge < -0.3 is 9.64 Å². The molecule has 0 fully saturated rings. The van der Waals surface area contributed by atoms with Crippen LogP contribution in [0.5, 0.6) is 5.75 Å². The van der Waals surface area contributed by atoms with Crippen LogP contribution in [0, 0.1) is 0 Å². The third-order valence-electron chi connectivity index (χ3n) is 4.27. The lowest BCUT2D eigenvalue weighted by atomic mass is 10.1. The fourth-order valence-electron chi connectivity index (χ4n) is 2.79. The van der Waals surface area contributed by atoms with Crippen LogP contribution in [0.25, 0.3) is 0 Å². The molecule has 0 aliphatic carbocycles. The molecule has 26 heavy (non-hydrogen) atoms. The molecule has 134 valence electrons. The first-order valence-electron chi connectivity index (χ1n) is 8.42. The Morgan fingerprint density at radius 1 is 1.12 bits per heavy atom. The van der Waals surface area contributed by atoms with E-state index in [1.54, 1.807) is 19.1 Å². The van der Waals surface area contributed by atoms with Crippen molar-refractivity contribution in [2.45, 2.75) is 19.4 Å². The van der Waals surface area contributed by atoms with E-state index in [0.29, 0.717) is 25.1 Å². The van der Waals surface area contributed by atoms with E-state index >= 15 is 0 Å². The molecule has 1 aliphatic rings. The molecule has 6 nitrogen and oxygen atoms in total. The molecule has 0 aromatic heterocycles. The summed E-state index contributed by atoms with van der Waals surface area (Å²) < 4.78 is 5.20. The van der Waals surface area contributed by atoms with Gasteiger partial charge in [0.25, 0.3) is 5.91 Å². The SMILES string of the molecule is COc1ccc(N(Cc2ccccc2)C(=O)C2=NN(C)C(=O)CC2)cc1. The molecule has 0 saturated carbocycles. The summed E-state index contributed by atoms with van der Waals surface area (Å²) in [4.78, 5) is 26.5. The van der Waals surface area contributed by atoms with Crippen LogP contribution in [0.1, 0.15) is 18.4 Å². The molecule has 2 aromatic carbocycles. The summed E-state index contributed by atoms with van der Waals surface area (Å²) in [6.07, 6.45) is 0.645. The number of hydrogen-bond donors (Lipinski definition) is 0. The normalized spacial score (nSPS) is 14.0. The number of methoxy groups -OCH3 is 1. The third-order valence-corrected chi connectivity index (χ3v) is 4.27. The summed E-state index contributed by atoms with van der Waals surface area (Å²) in [7, 11) is 3.18. The van der Waals surface area contributed by atoms with Crippen molar-refractivity contribution in [1.82, 2.24) is 5.01 Å². The van der Waals surface area contributed by atoms with Crippen molar-refractivity contribution in [3.63, 3.8) is 0 Å². The van der Waals surface area contributed by atoms with Gasteiger partial charge in [-0.25, -0.2) is 5.01 Å². The molecular weight excluding hydrogens is 330 g/mol. The van der Waals surface area contributed by atoms with E-state index in [1.807, 2.05) is 54.6 Å². The van der Waals surface area contributed by atoms with Gasteiger partial charge in [0.05, 0.1) is 13.7 Å². The standard InChI is InChI=1S/C20H21N3O3/c1-22-19(24)13-12-18(21-22)20(25)23(14-15-6-4-3-5-7-15)16-8-10-17(26-2)11-9-16/h3-11H,12-14H2,1-2H3. The first kappa shape index (κ1) is 17.7. The van der Waals surface area contributed by atoms with E-state index in [0.717, 1.165) is 17.0 Å². The fraction of sp³-hybridized carbons (Fsp3) is 0.250. The van der Waals surface area contributed by atoms with Crippen LogP contribution in [-0.4, -0.2) is 36.7 Å². The van der Waals surface area contributed by atoms with Gasteiger partial charge in [-0.05, 0) is 29.8 Å². The van der Waals surface area contributed by atoms with Crippen molar-refractivity contribution >= 4 is 23.2 Å². The van der Waals surface area contributed by atoms with Gasteiger partial charge in [0.1, 0.15) is 11.5 Å². The fourth-order valence-corrected chi connectivity index (χ4v) is 2.79. The molecule has 2 aromatic rings. The van der Waals surface area contributed by atoms with Crippen molar-refractivity contribution in [3.05, 3.63) is 60.2 Å². The molecular formula is C20H21N3O3. The zero-order valence-corrected chi connectivity index (χ0v) is 14.9. The quantitative estimate of drug-likeness (QED) is 0.832. The van der Waals surface area contributed by atoms with Gasteiger partial charge in [-0.3, -0.25) is 9.59 Å². The summed E-state index contributed by atoms with van der Waals surface area (Å²) in [5.74, 6) is 0.445. The second kappa shape index (κ2) is 7.82. The number of rotatable bonds is 5. The molecule has 1 heterocycles. The Hall–Kier alpha value is -3.15. The number of hydrogen-bond acceptors (Lipinski definition) is 4. The number of nitrogens with zero attached hydrogens (tertiary/aromatic N) is 3. The lowest BCUT2D eigenvalue weighted by Crippen LogP contribution is -2.40. The van der Waals surface area contributed by atoms with E-state index < -0.39 is 0 Å². The van der Waals surface area contributed by atoms with E-state index in [-0.39, 0.29) is 11.8 Å². The summed E-state index contributed by atoms with van der Waals surface area (Å²) in [6, 6.07) is 17.1. The second-order valence-electron chi connectivity index (χ2n) is 6.04. The first-order valence-corrected chi connectivity index (χ1v) is 8.42. The second-order valence-corrected chi connectivity index (χ2v) is 6.04. The van der Waals surface area contributed by atoms with E-state index in [4.69, 9.17) is 4.74 Å². The van der Waals surface area contributed by atoms with Crippen LogP contribution >= 0.6 is 0 Å². The smallest absolute Gasteiger partial charge is 0.274 e. The van der Waals surface area contributed by atoms with Gasteiger partial charge in [-0.1, -0.05) is 30.3 Å². The summed E-state index contributed by atoms with van der Waals surface area (Å²) >= 11 is 0. The molecule has 0 spiro atoms. The molecule has 0 unspecified atom stereocenters. The Morgan fingerprint density at radius 2 is 1.81 bits per heavy atom. The lowest BCUT2D eigenvalue weighted by Gasteiger charge is -2.26. The van der Waals surface area contributed by atoms with Gasteiger partial charge in [0.15, 0.2) is 0 Å². The van der Waals surface area contributed by atoms with Crippen molar-refractivity contribution < 1.29 is 14.3 Å². The number of ether oxygens (including phenoxy) is 1. The zero-order chi connectivity index (χ0) is 18.5. The average Bonchev–Trinajstić information content (AvgIpc) is 2.68. The molecule has 1 aliphatic heterocycles. The van der Waals surface area contributed by atoms with Crippen LogP contribution in [0.4, 0.5) is 5.69 Å². The van der Waals surface area contributed by atoms with Crippen LogP contribution in [0.2, 0.25) is 0 Å². The number of carbonyl (C=O) groups is 2. The number of benzene rings is 2. The highest BCUT2D eigenvalue weighted by molar-refractivity contribution is 6.44. The van der Waals surface area contributed by atoms with Gasteiger partial charge in [0.2, 0.25) is 5.91 Å². The van der Waals surface area contributed by atoms with E-state index in [1.165, 1.54) is 5.01 Å². The molecule has 0 bridgehead atoms. The maximum absolute atomic E-state index is 13.1. The Labute approximate surface area is 152 Å². The molecule has 6 heteroatoms. The molecule has 0 saturated heterocycles.